The number of hydrogen-bond acceptors (Lipinski definition) is 3. The molecule has 5 heteroatoms. The molecule has 1 saturated heterocycles. The van der Waals surface area contributed by atoms with E-state index in [1.807, 2.05) is 0 Å². The van der Waals surface area contributed by atoms with Crippen LogP contribution in [0.5, 0.6) is 0 Å². The van der Waals surface area contributed by atoms with Crippen molar-refractivity contribution in [1.82, 2.24) is 4.90 Å². The lowest BCUT2D eigenvalue weighted by molar-refractivity contribution is -0.134. The smallest absolute Gasteiger partial charge is 0.222 e. The highest BCUT2D eigenvalue weighted by Gasteiger charge is 2.43. The van der Waals surface area contributed by atoms with Crippen LogP contribution in [-0.2, 0) is 14.6 Å². The van der Waals surface area contributed by atoms with Crippen molar-refractivity contribution in [3.8, 4) is 0 Å². The Morgan fingerprint density at radius 1 is 1.16 bits per heavy atom. The molecule has 2 fully saturated rings. The zero-order chi connectivity index (χ0) is 13.9. The van der Waals surface area contributed by atoms with E-state index in [1.165, 1.54) is 0 Å². The molecule has 0 radical (unpaired) electrons. The summed E-state index contributed by atoms with van der Waals surface area (Å²) in [4.78, 5) is 13.4. The third-order valence-corrected chi connectivity index (χ3v) is 6.87. The second kappa shape index (κ2) is 6.07. The number of nitrogens with zero attached hydrogens (tertiary/aromatic N) is 1. The van der Waals surface area contributed by atoms with Gasteiger partial charge < -0.3 is 4.90 Å². The SMILES string of the molecule is C=CCCC(=O)N1CC(S(=O)(=O)C2CCCCC2)C1. The minimum absolute atomic E-state index is 0.0509. The van der Waals surface area contributed by atoms with Gasteiger partial charge in [0.1, 0.15) is 0 Å². The molecule has 1 aliphatic carbocycles. The molecule has 4 nitrogen and oxygen atoms in total. The van der Waals surface area contributed by atoms with Gasteiger partial charge in [-0.15, -0.1) is 6.58 Å². The van der Waals surface area contributed by atoms with E-state index < -0.39 is 9.84 Å². The highest BCUT2D eigenvalue weighted by molar-refractivity contribution is 7.92. The Balaban J connectivity index is 1.85. The molecule has 0 spiro atoms. The van der Waals surface area contributed by atoms with Crippen LogP contribution >= 0.6 is 0 Å². The maximum atomic E-state index is 12.4. The maximum Gasteiger partial charge on any atom is 0.222 e. The summed E-state index contributed by atoms with van der Waals surface area (Å²) in [7, 11) is -3.03. The largest absolute Gasteiger partial charge is 0.340 e. The monoisotopic (exact) mass is 285 g/mol. The van der Waals surface area contributed by atoms with Crippen LogP contribution in [0.3, 0.4) is 0 Å². The summed E-state index contributed by atoms with van der Waals surface area (Å²) in [6, 6.07) is 0. The topological polar surface area (TPSA) is 54.5 Å². The van der Waals surface area contributed by atoms with Crippen molar-refractivity contribution in [3.63, 3.8) is 0 Å². The lowest BCUT2D eigenvalue weighted by Gasteiger charge is -2.41. The molecule has 0 unspecified atom stereocenters. The Bertz CT molecular complexity index is 432. The van der Waals surface area contributed by atoms with Crippen LogP contribution in [0, 0.1) is 0 Å². The third-order valence-electron chi connectivity index (χ3n) is 4.24. The lowest BCUT2D eigenvalue weighted by Crippen LogP contribution is -2.58. The van der Waals surface area contributed by atoms with Crippen molar-refractivity contribution >= 4 is 15.7 Å². The van der Waals surface area contributed by atoms with Gasteiger partial charge in [0.15, 0.2) is 9.84 Å². The molecule has 1 saturated carbocycles. The van der Waals surface area contributed by atoms with Gasteiger partial charge in [0.25, 0.3) is 0 Å². The number of hydrogen-bond donors (Lipinski definition) is 0. The number of sulfone groups is 1. The van der Waals surface area contributed by atoms with Crippen LogP contribution in [0.25, 0.3) is 0 Å². The zero-order valence-corrected chi connectivity index (χ0v) is 12.2. The maximum absolute atomic E-state index is 12.4. The number of carbonyl (C=O) groups is 1. The predicted molar refractivity (Wildman–Crippen MR) is 75.6 cm³/mol. The average molecular weight is 285 g/mol. The molecule has 0 aromatic heterocycles. The van der Waals surface area contributed by atoms with Gasteiger partial charge in [0.05, 0.1) is 10.5 Å². The second-order valence-corrected chi connectivity index (χ2v) is 8.11. The molecular formula is C14H23NO3S. The highest BCUT2D eigenvalue weighted by atomic mass is 32.2. The van der Waals surface area contributed by atoms with Crippen LogP contribution in [0.2, 0.25) is 0 Å². The van der Waals surface area contributed by atoms with Crippen molar-refractivity contribution < 1.29 is 13.2 Å². The van der Waals surface area contributed by atoms with Crippen LogP contribution in [0.4, 0.5) is 0 Å². The van der Waals surface area contributed by atoms with E-state index in [0.29, 0.717) is 25.9 Å². The van der Waals surface area contributed by atoms with E-state index in [2.05, 4.69) is 6.58 Å². The fourth-order valence-corrected chi connectivity index (χ4v) is 5.21. The quantitative estimate of drug-likeness (QED) is 0.725. The first-order chi connectivity index (χ1) is 9.05. The van der Waals surface area contributed by atoms with Crippen molar-refractivity contribution in [2.24, 2.45) is 0 Å². The first-order valence-electron chi connectivity index (χ1n) is 7.17. The van der Waals surface area contributed by atoms with E-state index in [9.17, 15) is 13.2 Å². The van der Waals surface area contributed by atoms with E-state index >= 15 is 0 Å². The minimum atomic E-state index is -3.03. The highest BCUT2D eigenvalue weighted by Crippen LogP contribution is 2.30. The minimum Gasteiger partial charge on any atom is -0.340 e. The summed E-state index contributed by atoms with van der Waals surface area (Å²) in [5.41, 5.74) is 0. The summed E-state index contributed by atoms with van der Waals surface area (Å²) in [6.45, 7) is 4.38. The number of carbonyl (C=O) groups excluding carboxylic acids is 1. The molecule has 0 atom stereocenters. The van der Waals surface area contributed by atoms with Gasteiger partial charge in [-0.25, -0.2) is 8.42 Å². The number of rotatable bonds is 5. The van der Waals surface area contributed by atoms with Gasteiger partial charge in [-0.3, -0.25) is 4.79 Å². The van der Waals surface area contributed by atoms with Crippen molar-refractivity contribution in [2.45, 2.75) is 55.4 Å². The molecule has 1 amide bonds. The van der Waals surface area contributed by atoms with E-state index in [0.717, 1.165) is 32.1 Å². The van der Waals surface area contributed by atoms with Crippen LogP contribution < -0.4 is 0 Å². The van der Waals surface area contributed by atoms with Gasteiger partial charge >= 0.3 is 0 Å². The average Bonchev–Trinajstić information content (AvgIpc) is 2.35. The number of likely N-dealkylation sites (tertiary alicyclic amines) is 1. The summed E-state index contributed by atoms with van der Waals surface area (Å²) in [5, 5.41) is -0.472. The molecule has 0 aromatic carbocycles. The Hall–Kier alpha value is -0.840. The fraction of sp³-hybridized carbons (Fsp3) is 0.786. The van der Waals surface area contributed by atoms with Gasteiger partial charge in [0, 0.05) is 19.5 Å². The molecule has 2 aliphatic rings. The standard InChI is InChI=1S/C14H23NO3S/c1-2-3-9-14(16)15-10-13(11-15)19(17,18)12-7-5-4-6-8-12/h2,12-13H,1,3-11H2. The van der Waals surface area contributed by atoms with E-state index in [1.54, 1.807) is 11.0 Å². The van der Waals surface area contributed by atoms with Crippen LogP contribution in [0.15, 0.2) is 12.7 Å². The summed E-state index contributed by atoms with van der Waals surface area (Å²) >= 11 is 0. The summed E-state index contributed by atoms with van der Waals surface area (Å²) in [5.74, 6) is 0.0509. The molecule has 0 aromatic rings. The number of amides is 1. The Morgan fingerprint density at radius 3 is 2.37 bits per heavy atom. The molecule has 0 N–H and O–H groups in total. The molecule has 0 bridgehead atoms. The van der Waals surface area contributed by atoms with E-state index in [-0.39, 0.29) is 16.4 Å². The predicted octanol–water partition coefficient (Wildman–Crippen LogP) is 1.91. The van der Waals surface area contributed by atoms with Crippen molar-refractivity contribution in [1.29, 1.82) is 0 Å². The molecular weight excluding hydrogens is 262 g/mol. The third kappa shape index (κ3) is 3.19. The van der Waals surface area contributed by atoms with Crippen molar-refractivity contribution in [3.05, 3.63) is 12.7 Å². The molecule has 1 aliphatic heterocycles. The normalized spacial score (nSPS) is 22.0. The van der Waals surface area contributed by atoms with Crippen molar-refractivity contribution in [2.75, 3.05) is 13.1 Å². The Kier molecular flexibility index (Phi) is 4.66. The zero-order valence-electron chi connectivity index (χ0n) is 11.4. The van der Waals surface area contributed by atoms with Crippen LogP contribution in [0.1, 0.15) is 44.9 Å². The van der Waals surface area contributed by atoms with Gasteiger partial charge in [-0.05, 0) is 19.3 Å². The second-order valence-electron chi connectivity index (χ2n) is 5.60. The Morgan fingerprint density at radius 2 is 1.79 bits per heavy atom. The van der Waals surface area contributed by atoms with E-state index in [4.69, 9.17) is 0 Å². The number of allylic oxidation sites excluding steroid dienone is 1. The lowest BCUT2D eigenvalue weighted by atomic mass is 10.0. The summed E-state index contributed by atoms with van der Waals surface area (Å²) in [6.07, 6.45) is 7.65. The molecule has 108 valence electrons. The first-order valence-corrected chi connectivity index (χ1v) is 8.78. The fourth-order valence-electron chi connectivity index (χ4n) is 2.90. The first kappa shape index (κ1) is 14.6. The Labute approximate surface area is 115 Å². The van der Waals surface area contributed by atoms with Gasteiger partial charge in [0.2, 0.25) is 5.91 Å². The van der Waals surface area contributed by atoms with Crippen LogP contribution in [-0.4, -0.2) is 42.8 Å². The molecule has 2 rings (SSSR count). The molecule has 19 heavy (non-hydrogen) atoms. The van der Waals surface area contributed by atoms with Gasteiger partial charge in [-0.1, -0.05) is 25.3 Å². The summed E-state index contributed by atoms with van der Waals surface area (Å²) < 4.78 is 24.8. The van der Waals surface area contributed by atoms with Gasteiger partial charge in [-0.2, -0.15) is 0 Å². The molecule has 1 heterocycles.